The van der Waals surface area contributed by atoms with E-state index >= 15 is 0 Å². The van der Waals surface area contributed by atoms with Crippen molar-refractivity contribution in [2.45, 2.75) is 63.2 Å². The fourth-order valence-electron chi connectivity index (χ4n) is 3.55. The molecular formula is C13H25NO2S. The Hall–Kier alpha value is -0.0900. The van der Waals surface area contributed by atoms with Crippen LogP contribution in [-0.2, 0) is 9.84 Å². The van der Waals surface area contributed by atoms with E-state index in [4.69, 9.17) is 5.73 Å². The van der Waals surface area contributed by atoms with Crippen molar-refractivity contribution in [1.29, 1.82) is 0 Å². The van der Waals surface area contributed by atoms with Crippen molar-refractivity contribution in [2.24, 2.45) is 17.6 Å². The molecule has 2 aliphatic rings. The zero-order valence-corrected chi connectivity index (χ0v) is 11.6. The molecule has 17 heavy (non-hydrogen) atoms. The van der Waals surface area contributed by atoms with E-state index in [0.717, 1.165) is 32.1 Å². The molecule has 100 valence electrons. The zero-order valence-electron chi connectivity index (χ0n) is 10.8. The fraction of sp³-hybridized carbons (Fsp3) is 1.00. The highest BCUT2D eigenvalue weighted by atomic mass is 32.2. The van der Waals surface area contributed by atoms with Crippen LogP contribution in [0.1, 0.15) is 51.9 Å². The Morgan fingerprint density at radius 3 is 2.53 bits per heavy atom. The Kier molecular flexibility index (Phi) is 4.14. The maximum absolute atomic E-state index is 12.1. The standard InChI is InChI=1S/C13H25NO2S/c1-10-5-4-6-11(9-10)13(14)12-7-2-3-8-17(12,15)16/h10-13H,2-9,14H2,1H3. The summed E-state index contributed by atoms with van der Waals surface area (Å²) < 4.78 is 24.1. The average molecular weight is 259 g/mol. The van der Waals surface area contributed by atoms with E-state index in [1.165, 1.54) is 12.8 Å². The van der Waals surface area contributed by atoms with Crippen molar-refractivity contribution >= 4 is 9.84 Å². The summed E-state index contributed by atoms with van der Waals surface area (Å²) in [5.74, 6) is 1.50. The highest BCUT2D eigenvalue weighted by Gasteiger charge is 2.38. The number of hydrogen-bond acceptors (Lipinski definition) is 3. The Balaban J connectivity index is 2.05. The van der Waals surface area contributed by atoms with E-state index in [0.29, 0.717) is 17.6 Å². The summed E-state index contributed by atoms with van der Waals surface area (Å²) in [4.78, 5) is 0. The van der Waals surface area contributed by atoms with Gasteiger partial charge in [-0.2, -0.15) is 0 Å². The van der Waals surface area contributed by atoms with Gasteiger partial charge >= 0.3 is 0 Å². The molecule has 2 N–H and O–H groups in total. The maximum atomic E-state index is 12.1. The third-order valence-electron chi connectivity index (χ3n) is 4.58. The molecule has 0 aromatic rings. The molecule has 1 aliphatic heterocycles. The Labute approximate surface area is 105 Å². The summed E-state index contributed by atoms with van der Waals surface area (Å²) >= 11 is 0. The average Bonchev–Trinajstić information content (AvgIpc) is 2.27. The van der Waals surface area contributed by atoms with E-state index in [9.17, 15) is 8.42 Å². The molecule has 1 saturated heterocycles. The van der Waals surface area contributed by atoms with Crippen LogP contribution in [-0.4, -0.2) is 25.5 Å². The molecule has 4 unspecified atom stereocenters. The zero-order chi connectivity index (χ0) is 12.5. The second-order valence-corrected chi connectivity index (χ2v) is 8.35. The molecule has 0 amide bonds. The third kappa shape index (κ3) is 3.02. The van der Waals surface area contributed by atoms with Crippen molar-refractivity contribution < 1.29 is 8.42 Å². The van der Waals surface area contributed by atoms with Crippen LogP contribution in [0.15, 0.2) is 0 Å². The molecule has 0 aromatic carbocycles. The summed E-state index contributed by atoms with van der Waals surface area (Å²) in [6, 6.07) is -0.122. The lowest BCUT2D eigenvalue weighted by Gasteiger charge is -2.36. The molecule has 1 heterocycles. The first-order valence-corrected chi connectivity index (χ1v) is 8.69. The number of sulfone groups is 1. The van der Waals surface area contributed by atoms with Crippen LogP contribution < -0.4 is 5.73 Å². The Morgan fingerprint density at radius 2 is 1.88 bits per heavy atom. The molecule has 0 spiro atoms. The van der Waals surface area contributed by atoms with E-state index < -0.39 is 9.84 Å². The minimum Gasteiger partial charge on any atom is -0.326 e. The molecule has 4 heteroatoms. The lowest BCUT2D eigenvalue weighted by atomic mass is 9.77. The van der Waals surface area contributed by atoms with Gasteiger partial charge in [0.05, 0.1) is 11.0 Å². The maximum Gasteiger partial charge on any atom is 0.154 e. The lowest BCUT2D eigenvalue weighted by molar-refractivity contribution is 0.237. The Morgan fingerprint density at radius 1 is 1.12 bits per heavy atom. The molecule has 0 aromatic heterocycles. The van der Waals surface area contributed by atoms with Gasteiger partial charge < -0.3 is 5.73 Å². The fourth-order valence-corrected chi connectivity index (χ4v) is 5.68. The van der Waals surface area contributed by atoms with Gasteiger partial charge in [-0.05, 0) is 37.5 Å². The first kappa shape index (κ1) is 13.3. The van der Waals surface area contributed by atoms with E-state index in [2.05, 4.69) is 6.92 Å². The van der Waals surface area contributed by atoms with Gasteiger partial charge in [-0.15, -0.1) is 0 Å². The molecule has 2 rings (SSSR count). The number of rotatable bonds is 2. The summed E-state index contributed by atoms with van der Waals surface area (Å²) in [6.45, 7) is 2.26. The largest absolute Gasteiger partial charge is 0.326 e. The van der Waals surface area contributed by atoms with Crippen molar-refractivity contribution in [3.05, 3.63) is 0 Å². The number of nitrogens with two attached hydrogens (primary N) is 1. The van der Waals surface area contributed by atoms with Crippen molar-refractivity contribution in [1.82, 2.24) is 0 Å². The van der Waals surface area contributed by atoms with Crippen LogP contribution in [0.5, 0.6) is 0 Å². The normalized spacial score (nSPS) is 39.8. The summed E-state index contributed by atoms with van der Waals surface area (Å²) in [6.07, 6.45) is 7.37. The van der Waals surface area contributed by atoms with Gasteiger partial charge in [0.2, 0.25) is 0 Å². The molecule has 1 saturated carbocycles. The van der Waals surface area contributed by atoms with Crippen LogP contribution in [0, 0.1) is 11.8 Å². The second kappa shape index (κ2) is 5.27. The third-order valence-corrected chi connectivity index (χ3v) is 6.91. The minimum atomic E-state index is -2.91. The van der Waals surface area contributed by atoms with E-state index in [1.807, 2.05) is 0 Å². The highest BCUT2D eigenvalue weighted by molar-refractivity contribution is 7.92. The molecule has 3 nitrogen and oxygen atoms in total. The molecular weight excluding hydrogens is 234 g/mol. The molecule has 4 atom stereocenters. The highest BCUT2D eigenvalue weighted by Crippen LogP contribution is 2.34. The first-order chi connectivity index (χ1) is 8.00. The number of hydrogen-bond donors (Lipinski definition) is 1. The summed E-state index contributed by atoms with van der Waals surface area (Å²) in [5, 5.41) is -0.258. The smallest absolute Gasteiger partial charge is 0.154 e. The van der Waals surface area contributed by atoms with Gasteiger partial charge in [0.15, 0.2) is 9.84 Å². The van der Waals surface area contributed by atoms with E-state index in [1.54, 1.807) is 0 Å². The summed E-state index contributed by atoms with van der Waals surface area (Å²) in [7, 11) is -2.91. The van der Waals surface area contributed by atoms with Gasteiger partial charge in [0, 0.05) is 6.04 Å². The van der Waals surface area contributed by atoms with Gasteiger partial charge in [-0.3, -0.25) is 0 Å². The van der Waals surface area contributed by atoms with Crippen LogP contribution >= 0.6 is 0 Å². The van der Waals surface area contributed by atoms with Crippen LogP contribution in [0.2, 0.25) is 0 Å². The van der Waals surface area contributed by atoms with Gasteiger partial charge in [-0.1, -0.05) is 26.2 Å². The molecule has 0 bridgehead atoms. The molecule has 0 radical (unpaired) electrons. The molecule has 2 fully saturated rings. The van der Waals surface area contributed by atoms with Gasteiger partial charge in [0.25, 0.3) is 0 Å². The van der Waals surface area contributed by atoms with Crippen molar-refractivity contribution in [3.8, 4) is 0 Å². The predicted molar refractivity (Wildman–Crippen MR) is 70.5 cm³/mol. The topological polar surface area (TPSA) is 60.2 Å². The predicted octanol–water partition coefficient (Wildman–Crippen LogP) is 2.11. The Bertz CT molecular complexity index is 352. The summed E-state index contributed by atoms with van der Waals surface area (Å²) in [5.41, 5.74) is 6.28. The van der Waals surface area contributed by atoms with E-state index in [-0.39, 0.29) is 11.3 Å². The van der Waals surface area contributed by atoms with Crippen molar-refractivity contribution in [2.75, 3.05) is 5.75 Å². The van der Waals surface area contributed by atoms with Crippen LogP contribution in [0.25, 0.3) is 0 Å². The SMILES string of the molecule is CC1CCCC(C(N)C2CCCCS2(=O)=O)C1. The minimum absolute atomic E-state index is 0.122. The quantitative estimate of drug-likeness (QED) is 0.826. The van der Waals surface area contributed by atoms with Crippen molar-refractivity contribution in [3.63, 3.8) is 0 Å². The molecule has 1 aliphatic carbocycles. The van der Waals surface area contributed by atoms with Crippen LogP contribution in [0.4, 0.5) is 0 Å². The van der Waals surface area contributed by atoms with Gasteiger partial charge in [-0.25, -0.2) is 8.42 Å². The van der Waals surface area contributed by atoms with Crippen LogP contribution in [0.3, 0.4) is 0 Å². The monoisotopic (exact) mass is 259 g/mol. The van der Waals surface area contributed by atoms with Gasteiger partial charge in [0.1, 0.15) is 0 Å². The first-order valence-electron chi connectivity index (χ1n) is 6.98. The lowest BCUT2D eigenvalue weighted by Crippen LogP contribution is -2.48. The second-order valence-electron chi connectivity index (χ2n) is 6.01.